The number of H-pyrrole nitrogens is 1. The van der Waals surface area contributed by atoms with E-state index in [0.29, 0.717) is 30.1 Å². The minimum atomic E-state index is -0.259. The summed E-state index contributed by atoms with van der Waals surface area (Å²) in [4.78, 5) is 28.7. The van der Waals surface area contributed by atoms with Gasteiger partial charge < -0.3 is 20.4 Å². The summed E-state index contributed by atoms with van der Waals surface area (Å²) in [6, 6.07) is 14.9. The second kappa shape index (κ2) is 9.39. The van der Waals surface area contributed by atoms with Crippen molar-refractivity contribution < 1.29 is 14.3 Å². The Labute approximate surface area is 170 Å². The summed E-state index contributed by atoms with van der Waals surface area (Å²) in [7, 11) is 0. The standard InChI is InChI=1S/C23H27N3O3/c1-15(2)29-13-7-12-24-23(28)21-20(18-10-4-5-11-19(18)25-21)26-22(27)17-9-6-8-16(3)14-17/h4-6,8-11,14-15,25H,7,12-13H2,1-3H3,(H,24,28)(H,26,27). The summed E-state index contributed by atoms with van der Waals surface area (Å²) < 4.78 is 5.50. The minimum Gasteiger partial charge on any atom is -0.379 e. The number of fused-ring (bicyclic) bond motifs is 1. The highest BCUT2D eigenvalue weighted by Gasteiger charge is 2.20. The quantitative estimate of drug-likeness (QED) is 0.500. The zero-order valence-electron chi connectivity index (χ0n) is 17.0. The van der Waals surface area contributed by atoms with Crippen LogP contribution in [0.5, 0.6) is 0 Å². The lowest BCUT2D eigenvalue weighted by molar-refractivity contribution is 0.0756. The predicted octanol–water partition coefficient (Wildman–Crippen LogP) is 4.27. The number of ether oxygens (including phenoxy) is 1. The van der Waals surface area contributed by atoms with Gasteiger partial charge in [-0.2, -0.15) is 0 Å². The maximum absolute atomic E-state index is 12.8. The zero-order valence-corrected chi connectivity index (χ0v) is 17.0. The molecule has 2 amide bonds. The van der Waals surface area contributed by atoms with Crippen molar-refractivity contribution in [3.63, 3.8) is 0 Å². The molecule has 6 nitrogen and oxygen atoms in total. The number of para-hydroxylation sites is 1. The SMILES string of the molecule is Cc1cccc(C(=O)Nc2c(C(=O)NCCCOC(C)C)[nH]c3ccccc23)c1. The molecule has 1 aromatic heterocycles. The molecular weight excluding hydrogens is 366 g/mol. The van der Waals surface area contributed by atoms with Crippen molar-refractivity contribution in [2.24, 2.45) is 0 Å². The van der Waals surface area contributed by atoms with E-state index in [2.05, 4.69) is 15.6 Å². The van der Waals surface area contributed by atoms with Crippen LogP contribution in [0.4, 0.5) is 5.69 Å². The van der Waals surface area contributed by atoms with E-state index in [1.807, 2.05) is 63.2 Å². The van der Waals surface area contributed by atoms with Crippen molar-refractivity contribution in [1.82, 2.24) is 10.3 Å². The monoisotopic (exact) mass is 393 g/mol. The van der Waals surface area contributed by atoms with Crippen molar-refractivity contribution in [2.75, 3.05) is 18.5 Å². The Morgan fingerprint density at radius 3 is 2.62 bits per heavy atom. The van der Waals surface area contributed by atoms with Crippen LogP contribution in [0.1, 0.15) is 46.7 Å². The van der Waals surface area contributed by atoms with Gasteiger partial charge >= 0.3 is 0 Å². The van der Waals surface area contributed by atoms with Gasteiger partial charge in [0.1, 0.15) is 5.69 Å². The van der Waals surface area contributed by atoms with Crippen molar-refractivity contribution >= 4 is 28.4 Å². The number of aryl methyl sites for hydroxylation is 1. The molecule has 0 atom stereocenters. The molecule has 3 aromatic rings. The van der Waals surface area contributed by atoms with Gasteiger partial charge in [-0.25, -0.2) is 0 Å². The molecule has 3 rings (SSSR count). The van der Waals surface area contributed by atoms with Crippen LogP contribution < -0.4 is 10.6 Å². The van der Waals surface area contributed by atoms with E-state index in [-0.39, 0.29) is 17.9 Å². The van der Waals surface area contributed by atoms with Crippen molar-refractivity contribution in [2.45, 2.75) is 33.3 Å². The van der Waals surface area contributed by atoms with Gasteiger partial charge in [0.05, 0.1) is 11.8 Å². The average Bonchev–Trinajstić information content (AvgIpc) is 3.06. The number of carbonyl (C=O) groups is 2. The van der Waals surface area contributed by atoms with E-state index in [1.165, 1.54) is 0 Å². The summed E-state index contributed by atoms with van der Waals surface area (Å²) in [6.45, 7) is 6.97. The lowest BCUT2D eigenvalue weighted by Crippen LogP contribution is -2.27. The number of aromatic nitrogens is 1. The van der Waals surface area contributed by atoms with E-state index in [1.54, 1.807) is 6.07 Å². The number of nitrogens with one attached hydrogen (secondary N) is 3. The number of rotatable bonds is 8. The smallest absolute Gasteiger partial charge is 0.269 e. The van der Waals surface area contributed by atoms with Crippen molar-refractivity contribution in [1.29, 1.82) is 0 Å². The second-order valence-corrected chi connectivity index (χ2v) is 7.27. The van der Waals surface area contributed by atoms with E-state index in [0.717, 1.165) is 22.9 Å². The Hall–Kier alpha value is -3.12. The molecule has 6 heteroatoms. The van der Waals surface area contributed by atoms with Gasteiger partial charge in [0.25, 0.3) is 11.8 Å². The summed E-state index contributed by atoms with van der Waals surface area (Å²) >= 11 is 0. The van der Waals surface area contributed by atoms with Crippen LogP contribution in [0.25, 0.3) is 10.9 Å². The van der Waals surface area contributed by atoms with Crippen LogP contribution >= 0.6 is 0 Å². The second-order valence-electron chi connectivity index (χ2n) is 7.27. The molecule has 0 aliphatic heterocycles. The van der Waals surface area contributed by atoms with Crippen LogP contribution in [0.3, 0.4) is 0 Å². The molecule has 29 heavy (non-hydrogen) atoms. The summed E-state index contributed by atoms with van der Waals surface area (Å²) in [5, 5.41) is 6.61. The summed E-state index contributed by atoms with van der Waals surface area (Å²) in [5.74, 6) is -0.511. The van der Waals surface area contributed by atoms with E-state index in [4.69, 9.17) is 4.74 Å². The maximum Gasteiger partial charge on any atom is 0.269 e. The fourth-order valence-corrected chi connectivity index (χ4v) is 3.10. The normalized spacial score (nSPS) is 11.0. The molecular formula is C23H27N3O3. The highest BCUT2D eigenvalue weighted by molar-refractivity contribution is 6.15. The third-order valence-corrected chi connectivity index (χ3v) is 4.51. The van der Waals surface area contributed by atoms with Crippen molar-refractivity contribution in [3.05, 3.63) is 65.4 Å². The minimum absolute atomic E-state index is 0.169. The van der Waals surface area contributed by atoms with Gasteiger partial charge in [0.15, 0.2) is 0 Å². The predicted molar refractivity (Wildman–Crippen MR) is 115 cm³/mol. The first-order chi connectivity index (χ1) is 14.0. The number of hydrogen-bond acceptors (Lipinski definition) is 3. The largest absolute Gasteiger partial charge is 0.379 e. The lowest BCUT2D eigenvalue weighted by Gasteiger charge is -2.10. The molecule has 0 unspecified atom stereocenters. The molecule has 0 aliphatic carbocycles. The molecule has 0 aliphatic rings. The van der Waals surface area contributed by atoms with Crippen molar-refractivity contribution in [3.8, 4) is 0 Å². The Kier molecular flexibility index (Phi) is 6.67. The molecule has 0 fully saturated rings. The first kappa shape index (κ1) is 20.6. The van der Waals surface area contributed by atoms with Crippen LogP contribution in [-0.4, -0.2) is 36.1 Å². The Bertz CT molecular complexity index is 1010. The molecule has 1 heterocycles. The van der Waals surface area contributed by atoms with Crippen LogP contribution in [-0.2, 0) is 4.74 Å². The lowest BCUT2D eigenvalue weighted by atomic mass is 10.1. The molecule has 0 saturated heterocycles. The maximum atomic E-state index is 12.8. The zero-order chi connectivity index (χ0) is 20.8. The number of anilines is 1. The molecule has 0 saturated carbocycles. The first-order valence-corrected chi connectivity index (χ1v) is 9.84. The van der Waals surface area contributed by atoms with Crippen LogP contribution in [0, 0.1) is 6.92 Å². The molecule has 0 radical (unpaired) electrons. The highest BCUT2D eigenvalue weighted by atomic mass is 16.5. The number of carbonyl (C=O) groups excluding carboxylic acids is 2. The topological polar surface area (TPSA) is 83.2 Å². The van der Waals surface area contributed by atoms with Crippen LogP contribution in [0.15, 0.2) is 48.5 Å². The Morgan fingerprint density at radius 1 is 1.07 bits per heavy atom. The molecule has 2 aromatic carbocycles. The molecule has 3 N–H and O–H groups in total. The Morgan fingerprint density at radius 2 is 1.86 bits per heavy atom. The highest BCUT2D eigenvalue weighted by Crippen LogP contribution is 2.28. The van der Waals surface area contributed by atoms with Gasteiger partial charge in [-0.15, -0.1) is 0 Å². The number of aromatic amines is 1. The molecule has 0 bridgehead atoms. The average molecular weight is 393 g/mol. The van der Waals surface area contributed by atoms with Gasteiger partial charge in [-0.1, -0.05) is 35.9 Å². The van der Waals surface area contributed by atoms with Gasteiger partial charge in [-0.05, 0) is 45.4 Å². The third kappa shape index (κ3) is 5.23. The Balaban J connectivity index is 1.79. The third-order valence-electron chi connectivity index (χ3n) is 4.51. The summed E-state index contributed by atoms with van der Waals surface area (Å²) in [6.07, 6.45) is 0.887. The number of hydrogen-bond donors (Lipinski definition) is 3. The molecule has 152 valence electrons. The fraction of sp³-hybridized carbons (Fsp3) is 0.304. The summed E-state index contributed by atoms with van der Waals surface area (Å²) in [5.41, 5.74) is 3.17. The fourth-order valence-electron chi connectivity index (χ4n) is 3.10. The number of amides is 2. The van der Waals surface area contributed by atoms with Gasteiger partial charge in [-0.3, -0.25) is 9.59 Å². The molecule has 0 spiro atoms. The van der Waals surface area contributed by atoms with E-state index in [9.17, 15) is 9.59 Å². The van der Waals surface area contributed by atoms with Gasteiger partial charge in [0, 0.05) is 29.6 Å². The van der Waals surface area contributed by atoms with E-state index < -0.39 is 0 Å². The first-order valence-electron chi connectivity index (χ1n) is 9.84. The van der Waals surface area contributed by atoms with E-state index >= 15 is 0 Å². The van der Waals surface area contributed by atoms with Gasteiger partial charge in [0.2, 0.25) is 0 Å². The number of benzene rings is 2. The van der Waals surface area contributed by atoms with Crippen LogP contribution in [0.2, 0.25) is 0 Å².